The Morgan fingerprint density at radius 1 is 0.800 bits per heavy atom. The van der Waals surface area contributed by atoms with Crippen LogP contribution in [-0.4, -0.2) is 11.1 Å². The number of halogens is 1. The van der Waals surface area contributed by atoms with Gasteiger partial charge < -0.3 is 10.0 Å². The van der Waals surface area contributed by atoms with Gasteiger partial charge in [0.25, 0.3) is 0 Å². The molecule has 3 rings (SSSR count). The van der Waals surface area contributed by atoms with Crippen LogP contribution in [0, 0.1) is 0 Å². The van der Waals surface area contributed by atoms with Crippen LogP contribution in [0.25, 0.3) is 0 Å². The third-order valence-corrected chi connectivity index (χ3v) is 4.67. The maximum Gasteiger partial charge on any atom is 0.103 e. The van der Waals surface area contributed by atoms with Gasteiger partial charge in [-0.25, -0.2) is 0 Å². The average molecular weight is 394 g/mol. The maximum absolute atomic E-state index is 11.0. The number of aliphatic hydroxyl groups excluding tert-OH is 1. The molecule has 2 atom stereocenters. The highest BCUT2D eigenvalue weighted by Crippen LogP contribution is 2.33. The molecule has 3 heteroatoms. The summed E-state index contributed by atoms with van der Waals surface area (Å²) in [6.07, 6.45) is 1.10. The second kappa shape index (κ2) is 8.15. The van der Waals surface area contributed by atoms with Gasteiger partial charge in [-0.1, -0.05) is 70.5 Å². The van der Waals surface area contributed by atoms with Gasteiger partial charge in [-0.2, -0.15) is 0 Å². The Kier molecular flexibility index (Phi) is 5.69. The summed E-state index contributed by atoms with van der Waals surface area (Å²) in [4.78, 5) is 2.11. The fraction of sp³-hybridized carbons (Fsp3) is 0.0909. The fourth-order valence-corrected chi connectivity index (χ4v) is 3.17. The van der Waals surface area contributed by atoms with Crippen molar-refractivity contribution in [2.45, 2.75) is 12.1 Å². The summed E-state index contributed by atoms with van der Waals surface area (Å²) < 4.78 is 0.988. The van der Waals surface area contributed by atoms with Crippen molar-refractivity contribution in [3.8, 4) is 0 Å². The summed E-state index contributed by atoms with van der Waals surface area (Å²) >= 11 is 3.44. The molecule has 0 aliphatic rings. The molecule has 3 aromatic rings. The monoisotopic (exact) mass is 393 g/mol. The molecule has 0 saturated heterocycles. The Labute approximate surface area is 157 Å². The summed E-state index contributed by atoms with van der Waals surface area (Å²) in [5.74, 6) is 0. The third-order valence-electron chi connectivity index (χ3n) is 4.14. The van der Waals surface area contributed by atoms with E-state index in [0.29, 0.717) is 0 Å². The van der Waals surface area contributed by atoms with E-state index in [1.165, 1.54) is 0 Å². The van der Waals surface area contributed by atoms with Crippen molar-refractivity contribution in [3.63, 3.8) is 0 Å². The van der Waals surface area contributed by atoms with E-state index in [4.69, 9.17) is 0 Å². The van der Waals surface area contributed by atoms with Gasteiger partial charge in [-0.15, -0.1) is 6.58 Å². The van der Waals surface area contributed by atoms with Crippen LogP contribution in [-0.2, 0) is 0 Å². The van der Waals surface area contributed by atoms with Crippen molar-refractivity contribution in [3.05, 3.63) is 108 Å². The molecule has 0 saturated carbocycles. The van der Waals surface area contributed by atoms with Gasteiger partial charge in [0.05, 0.1) is 6.04 Å². The normalized spacial score (nSPS) is 13.0. The highest BCUT2D eigenvalue weighted by molar-refractivity contribution is 9.10. The van der Waals surface area contributed by atoms with Crippen molar-refractivity contribution < 1.29 is 5.11 Å². The van der Waals surface area contributed by atoms with Gasteiger partial charge in [-0.05, 0) is 42.0 Å². The second-order valence-electron chi connectivity index (χ2n) is 5.76. The molecule has 1 N–H and O–H groups in total. The van der Waals surface area contributed by atoms with Gasteiger partial charge >= 0.3 is 0 Å². The minimum absolute atomic E-state index is 0.300. The molecule has 0 bridgehead atoms. The van der Waals surface area contributed by atoms with Crippen LogP contribution in [0.15, 0.2) is 102 Å². The number of para-hydroxylation sites is 2. The Hall–Kier alpha value is -2.36. The first-order valence-electron chi connectivity index (χ1n) is 8.16. The zero-order chi connectivity index (χ0) is 17.6. The van der Waals surface area contributed by atoms with Crippen molar-refractivity contribution in [2.24, 2.45) is 0 Å². The summed E-state index contributed by atoms with van der Waals surface area (Å²) in [5.41, 5.74) is 2.87. The molecule has 0 unspecified atom stereocenters. The highest BCUT2D eigenvalue weighted by atomic mass is 79.9. The van der Waals surface area contributed by atoms with E-state index in [-0.39, 0.29) is 6.04 Å². The molecule has 126 valence electrons. The Morgan fingerprint density at radius 2 is 1.28 bits per heavy atom. The fourth-order valence-electron chi connectivity index (χ4n) is 2.90. The largest absolute Gasteiger partial charge is 0.386 e. The first kappa shape index (κ1) is 17.5. The molecule has 0 aliphatic carbocycles. The van der Waals surface area contributed by atoms with Gasteiger partial charge in [0.1, 0.15) is 6.10 Å². The number of hydrogen-bond donors (Lipinski definition) is 1. The van der Waals surface area contributed by atoms with Crippen LogP contribution in [0.4, 0.5) is 11.4 Å². The van der Waals surface area contributed by atoms with Gasteiger partial charge in [0.15, 0.2) is 0 Å². The number of aliphatic hydroxyl groups is 1. The summed E-state index contributed by atoms with van der Waals surface area (Å²) in [7, 11) is 0. The summed E-state index contributed by atoms with van der Waals surface area (Å²) in [5, 5.41) is 11.0. The third kappa shape index (κ3) is 4.01. The Balaban J connectivity index is 2.03. The molecule has 0 aliphatic heterocycles. The highest BCUT2D eigenvalue weighted by Gasteiger charge is 2.26. The van der Waals surface area contributed by atoms with E-state index >= 15 is 0 Å². The number of anilines is 2. The van der Waals surface area contributed by atoms with E-state index in [1.54, 1.807) is 6.08 Å². The molecular formula is C22H20BrNO. The lowest BCUT2D eigenvalue weighted by molar-refractivity contribution is 0.163. The smallest absolute Gasteiger partial charge is 0.103 e. The van der Waals surface area contributed by atoms with Crippen LogP contribution in [0.3, 0.4) is 0 Å². The van der Waals surface area contributed by atoms with Crippen LogP contribution in [0.2, 0.25) is 0 Å². The van der Waals surface area contributed by atoms with E-state index in [2.05, 4.69) is 27.4 Å². The maximum atomic E-state index is 11.0. The molecule has 0 heterocycles. The average Bonchev–Trinajstić information content (AvgIpc) is 2.67. The van der Waals surface area contributed by atoms with Crippen molar-refractivity contribution in [2.75, 3.05) is 4.90 Å². The molecule has 0 aromatic heterocycles. The zero-order valence-corrected chi connectivity index (χ0v) is 15.4. The molecule has 3 aromatic carbocycles. The first-order chi connectivity index (χ1) is 12.2. The molecule has 2 nitrogen and oxygen atoms in total. The van der Waals surface area contributed by atoms with Crippen LogP contribution < -0.4 is 4.90 Å². The minimum Gasteiger partial charge on any atom is -0.386 e. The first-order valence-corrected chi connectivity index (χ1v) is 8.95. The number of hydrogen-bond acceptors (Lipinski definition) is 2. The standard InChI is InChI=1S/C22H20BrNO/c1-2-21(22(25)17-13-15-18(23)16-14-17)24(19-9-5-3-6-10-19)20-11-7-4-8-12-20/h2-16,21-22,25H,1H2/t21-,22+/m0/s1. The van der Waals surface area contributed by atoms with E-state index in [0.717, 1.165) is 21.4 Å². The van der Waals surface area contributed by atoms with Crippen molar-refractivity contribution in [1.29, 1.82) is 0 Å². The molecule has 0 amide bonds. The van der Waals surface area contributed by atoms with Gasteiger partial charge in [0.2, 0.25) is 0 Å². The number of benzene rings is 3. The van der Waals surface area contributed by atoms with E-state index in [1.807, 2.05) is 84.9 Å². The predicted octanol–water partition coefficient (Wildman–Crippen LogP) is 5.88. The number of nitrogens with zero attached hydrogens (tertiary/aromatic N) is 1. The van der Waals surface area contributed by atoms with E-state index < -0.39 is 6.10 Å². The lowest BCUT2D eigenvalue weighted by Crippen LogP contribution is -2.34. The van der Waals surface area contributed by atoms with Gasteiger partial charge in [-0.3, -0.25) is 0 Å². The quantitative estimate of drug-likeness (QED) is 0.528. The topological polar surface area (TPSA) is 23.5 Å². The van der Waals surface area contributed by atoms with Crippen LogP contribution in [0.1, 0.15) is 11.7 Å². The molecule has 0 fully saturated rings. The minimum atomic E-state index is -0.703. The summed E-state index contributed by atoms with van der Waals surface area (Å²) in [6.45, 7) is 3.99. The van der Waals surface area contributed by atoms with E-state index in [9.17, 15) is 5.11 Å². The predicted molar refractivity (Wildman–Crippen MR) is 108 cm³/mol. The van der Waals surface area contributed by atoms with Gasteiger partial charge in [0, 0.05) is 15.8 Å². The number of rotatable bonds is 6. The lowest BCUT2D eigenvalue weighted by Gasteiger charge is -2.35. The van der Waals surface area contributed by atoms with Crippen molar-refractivity contribution >= 4 is 27.3 Å². The van der Waals surface area contributed by atoms with Crippen LogP contribution in [0.5, 0.6) is 0 Å². The second-order valence-corrected chi connectivity index (χ2v) is 6.68. The molecule has 0 radical (unpaired) electrons. The Bertz CT molecular complexity index is 763. The molecular weight excluding hydrogens is 374 g/mol. The van der Waals surface area contributed by atoms with Crippen molar-refractivity contribution in [1.82, 2.24) is 0 Å². The Morgan fingerprint density at radius 3 is 1.72 bits per heavy atom. The lowest BCUT2D eigenvalue weighted by atomic mass is 9.99. The summed E-state index contributed by atoms with van der Waals surface area (Å²) in [6, 6.07) is 27.6. The SMILES string of the molecule is C=C[C@@H]([C@H](O)c1ccc(Br)cc1)N(c1ccccc1)c1ccccc1. The molecule has 25 heavy (non-hydrogen) atoms. The van der Waals surface area contributed by atoms with Crippen LogP contribution >= 0.6 is 15.9 Å². The molecule has 0 spiro atoms. The zero-order valence-electron chi connectivity index (χ0n) is 13.8.